The molecule has 5 unspecified atom stereocenters. The molecule has 0 aromatic rings. The molecule has 0 aromatic heterocycles. The van der Waals surface area contributed by atoms with Gasteiger partial charge in [0.25, 0.3) is 0 Å². The first-order chi connectivity index (χ1) is 7.93. The Morgan fingerprint density at radius 2 is 2.00 bits per heavy atom. The molecule has 0 bridgehead atoms. The van der Waals surface area contributed by atoms with Gasteiger partial charge in [-0.05, 0) is 43.4 Å². The van der Waals surface area contributed by atoms with Crippen molar-refractivity contribution in [2.24, 2.45) is 29.6 Å². The number of aliphatic hydroxyl groups excluding tert-OH is 1. The van der Waals surface area contributed by atoms with Crippen molar-refractivity contribution in [2.75, 3.05) is 0 Å². The number of rotatable bonds is 1. The van der Waals surface area contributed by atoms with Crippen LogP contribution in [0, 0.1) is 29.6 Å². The Labute approximate surface area is 106 Å². The molecule has 1 saturated carbocycles. The summed E-state index contributed by atoms with van der Waals surface area (Å²) in [5.41, 5.74) is 2.78. The minimum absolute atomic E-state index is 0.158. The van der Waals surface area contributed by atoms with E-state index < -0.39 is 0 Å². The van der Waals surface area contributed by atoms with Gasteiger partial charge in [-0.3, -0.25) is 0 Å². The zero-order valence-corrected chi connectivity index (χ0v) is 11.6. The molecule has 2 aliphatic carbocycles. The van der Waals surface area contributed by atoms with Gasteiger partial charge in [-0.1, -0.05) is 44.6 Å². The lowest BCUT2D eigenvalue weighted by molar-refractivity contribution is 0.139. The largest absolute Gasteiger partial charge is 0.392 e. The summed E-state index contributed by atoms with van der Waals surface area (Å²) < 4.78 is 0. The minimum atomic E-state index is -0.158. The summed E-state index contributed by atoms with van der Waals surface area (Å²) in [6.45, 7) is 13.4. The van der Waals surface area contributed by atoms with Crippen LogP contribution in [0.3, 0.4) is 0 Å². The van der Waals surface area contributed by atoms with Crippen LogP contribution in [0.4, 0.5) is 0 Å². The van der Waals surface area contributed by atoms with Crippen LogP contribution in [0.15, 0.2) is 23.8 Å². The number of hydrogen-bond acceptors (Lipinski definition) is 1. The molecular weight excluding hydrogens is 208 g/mol. The second-order valence-electron chi connectivity index (χ2n) is 6.44. The maximum atomic E-state index is 10.3. The predicted molar refractivity (Wildman–Crippen MR) is 72.6 cm³/mol. The molecule has 1 nitrogen and oxygen atoms in total. The highest BCUT2D eigenvalue weighted by molar-refractivity contribution is 5.25. The van der Waals surface area contributed by atoms with Gasteiger partial charge < -0.3 is 5.11 Å². The van der Waals surface area contributed by atoms with E-state index in [4.69, 9.17) is 0 Å². The highest BCUT2D eigenvalue weighted by Crippen LogP contribution is 2.50. The molecule has 1 N–H and O–H groups in total. The first-order valence-corrected chi connectivity index (χ1v) is 6.96. The Morgan fingerprint density at radius 3 is 2.59 bits per heavy atom. The summed E-state index contributed by atoms with van der Waals surface area (Å²) >= 11 is 0. The first-order valence-electron chi connectivity index (χ1n) is 6.96. The Bertz CT molecular complexity index is 339. The third-order valence-corrected chi connectivity index (χ3v) is 4.96. The fraction of sp³-hybridized carbons (Fsp3) is 0.750. The molecule has 5 atom stereocenters. The number of allylic oxidation sites excluding steroid dienone is 2. The van der Waals surface area contributed by atoms with Crippen molar-refractivity contribution in [3.8, 4) is 0 Å². The second kappa shape index (κ2) is 4.61. The summed E-state index contributed by atoms with van der Waals surface area (Å²) in [4.78, 5) is 0. The van der Waals surface area contributed by atoms with E-state index in [1.54, 1.807) is 0 Å². The summed E-state index contributed by atoms with van der Waals surface area (Å²) in [5, 5.41) is 10.3. The van der Waals surface area contributed by atoms with Crippen LogP contribution in [-0.2, 0) is 0 Å². The molecule has 96 valence electrons. The van der Waals surface area contributed by atoms with Gasteiger partial charge in [-0.25, -0.2) is 0 Å². The van der Waals surface area contributed by atoms with E-state index in [1.807, 2.05) is 0 Å². The van der Waals surface area contributed by atoms with Gasteiger partial charge in [-0.15, -0.1) is 0 Å². The van der Waals surface area contributed by atoms with Crippen molar-refractivity contribution in [3.05, 3.63) is 23.8 Å². The van der Waals surface area contributed by atoms with E-state index >= 15 is 0 Å². The maximum absolute atomic E-state index is 10.3. The number of hydrogen-bond donors (Lipinski definition) is 1. The van der Waals surface area contributed by atoms with Crippen molar-refractivity contribution in [1.82, 2.24) is 0 Å². The number of aliphatic hydroxyl groups is 1. The maximum Gasteiger partial charge on any atom is 0.0614 e. The van der Waals surface area contributed by atoms with Crippen LogP contribution >= 0.6 is 0 Å². The fourth-order valence-corrected chi connectivity index (χ4v) is 4.00. The average molecular weight is 234 g/mol. The molecule has 1 heteroatoms. The minimum Gasteiger partial charge on any atom is -0.392 e. The van der Waals surface area contributed by atoms with E-state index in [-0.39, 0.29) is 6.10 Å². The van der Waals surface area contributed by atoms with Crippen LogP contribution in [0.1, 0.15) is 40.5 Å². The van der Waals surface area contributed by atoms with Crippen molar-refractivity contribution in [3.63, 3.8) is 0 Å². The zero-order chi connectivity index (χ0) is 12.7. The van der Waals surface area contributed by atoms with Crippen molar-refractivity contribution >= 4 is 0 Å². The van der Waals surface area contributed by atoms with Crippen molar-refractivity contribution in [2.45, 2.75) is 46.6 Å². The molecule has 0 saturated heterocycles. The molecule has 0 aliphatic heterocycles. The van der Waals surface area contributed by atoms with E-state index in [2.05, 4.69) is 40.3 Å². The van der Waals surface area contributed by atoms with Gasteiger partial charge in [0.05, 0.1) is 6.10 Å². The average Bonchev–Trinajstić information content (AvgIpc) is 2.44. The smallest absolute Gasteiger partial charge is 0.0614 e. The summed E-state index contributed by atoms with van der Waals surface area (Å²) in [7, 11) is 0. The lowest BCUT2D eigenvalue weighted by Crippen LogP contribution is -2.24. The molecule has 2 aliphatic rings. The third-order valence-electron chi connectivity index (χ3n) is 4.96. The van der Waals surface area contributed by atoms with Gasteiger partial charge in [-0.2, -0.15) is 0 Å². The predicted octanol–water partition coefficient (Wildman–Crippen LogP) is 3.80. The Hall–Kier alpha value is -0.560. The highest BCUT2D eigenvalue weighted by Gasteiger charge is 2.45. The SMILES string of the molecule is C=C1C(C(C)C)CC=C(C)C2C(O)CC(C)C12. The van der Waals surface area contributed by atoms with Gasteiger partial charge in [0.1, 0.15) is 0 Å². The quantitative estimate of drug-likeness (QED) is 0.684. The summed E-state index contributed by atoms with van der Waals surface area (Å²) in [6.07, 6.45) is 4.23. The van der Waals surface area contributed by atoms with E-state index in [0.29, 0.717) is 29.6 Å². The van der Waals surface area contributed by atoms with Crippen LogP contribution in [0.2, 0.25) is 0 Å². The molecular formula is C16H26O. The van der Waals surface area contributed by atoms with E-state index in [0.717, 1.165) is 12.8 Å². The fourth-order valence-electron chi connectivity index (χ4n) is 4.00. The van der Waals surface area contributed by atoms with Gasteiger partial charge >= 0.3 is 0 Å². The molecule has 0 spiro atoms. The van der Waals surface area contributed by atoms with Crippen LogP contribution in [-0.4, -0.2) is 11.2 Å². The van der Waals surface area contributed by atoms with Gasteiger partial charge in [0.15, 0.2) is 0 Å². The molecule has 0 aromatic carbocycles. The molecule has 0 amide bonds. The molecule has 2 rings (SSSR count). The topological polar surface area (TPSA) is 20.2 Å². The van der Waals surface area contributed by atoms with E-state index in [9.17, 15) is 5.11 Å². The normalized spacial score (nSPS) is 42.4. The lowest BCUT2D eigenvalue weighted by atomic mass is 9.75. The van der Waals surface area contributed by atoms with Crippen LogP contribution in [0.25, 0.3) is 0 Å². The van der Waals surface area contributed by atoms with Crippen LogP contribution < -0.4 is 0 Å². The Balaban J connectivity index is 2.36. The van der Waals surface area contributed by atoms with Crippen LogP contribution in [0.5, 0.6) is 0 Å². The standard InChI is InChI=1S/C16H26O/c1-9(2)13-7-6-10(3)16-14(17)8-11(4)15(16)12(13)5/h6,9,11,13-17H,5,7-8H2,1-4H3. The molecule has 17 heavy (non-hydrogen) atoms. The van der Waals surface area contributed by atoms with Gasteiger partial charge in [0, 0.05) is 5.92 Å². The Morgan fingerprint density at radius 1 is 1.35 bits per heavy atom. The second-order valence-corrected chi connectivity index (χ2v) is 6.44. The Kier molecular flexibility index (Phi) is 3.49. The first kappa shape index (κ1) is 12.9. The van der Waals surface area contributed by atoms with Gasteiger partial charge in [0.2, 0.25) is 0 Å². The van der Waals surface area contributed by atoms with Crippen molar-refractivity contribution < 1.29 is 5.11 Å². The van der Waals surface area contributed by atoms with E-state index in [1.165, 1.54) is 11.1 Å². The molecule has 1 fully saturated rings. The number of fused-ring (bicyclic) bond motifs is 1. The zero-order valence-electron chi connectivity index (χ0n) is 11.6. The van der Waals surface area contributed by atoms with Crippen molar-refractivity contribution in [1.29, 1.82) is 0 Å². The third kappa shape index (κ3) is 2.10. The molecule has 0 radical (unpaired) electrons. The molecule has 0 heterocycles. The summed E-state index contributed by atoms with van der Waals surface area (Å²) in [6, 6.07) is 0. The lowest BCUT2D eigenvalue weighted by Gasteiger charge is -2.30. The monoisotopic (exact) mass is 234 g/mol. The summed E-state index contributed by atoms with van der Waals surface area (Å²) in [5.74, 6) is 2.64. The highest BCUT2D eigenvalue weighted by atomic mass is 16.3.